The Kier molecular flexibility index (Phi) is 2.16. The largest absolute Gasteiger partial charge is 0.508 e. The molecule has 0 atom stereocenters. The number of rotatable bonds is 0. The summed E-state index contributed by atoms with van der Waals surface area (Å²) in [5.74, 6) is 0.0355. The van der Waals surface area contributed by atoms with Crippen molar-refractivity contribution in [1.82, 2.24) is 0 Å². The Balaban J connectivity index is 2.32. The number of fused-ring (bicyclic) bond motifs is 3. The summed E-state index contributed by atoms with van der Waals surface area (Å²) in [5, 5.41) is 9.83. The highest BCUT2D eigenvalue weighted by atomic mass is 16.3. The van der Waals surface area contributed by atoms with Crippen molar-refractivity contribution in [2.75, 3.05) is 0 Å². The lowest BCUT2D eigenvalue weighted by atomic mass is 9.77. The first-order chi connectivity index (χ1) is 8.82. The molecule has 0 fully saturated rings. The molecule has 0 saturated carbocycles. The molecule has 0 aliphatic heterocycles. The number of ketones is 2. The minimum Gasteiger partial charge on any atom is -0.508 e. The van der Waals surface area contributed by atoms with E-state index in [1.807, 2.05) is 13.8 Å². The molecule has 1 aromatic carbocycles. The van der Waals surface area contributed by atoms with Gasteiger partial charge in [-0.15, -0.1) is 0 Å². The third kappa shape index (κ3) is 1.44. The Morgan fingerprint density at radius 2 is 1.74 bits per heavy atom. The minimum atomic E-state index is -0.664. The van der Waals surface area contributed by atoms with Crippen LogP contribution in [0, 0.1) is 12.3 Å². The van der Waals surface area contributed by atoms with E-state index in [9.17, 15) is 14.7 Å². The van der Waals surface area contributed by atoms with E-state index < -0.39 is 5.41 Å². The average Bonchev–Trinajstić information content (AvgIpc) is 2.55. The Morgan fingerprint density at radius 1 is 1.05 bits per heavy atom. The summed E-state index contributed by atoms with van der Waals surface area (Å²) >= 11 is 0. The van der Waals surface area contributed by atoms with Crippen molar-refractivity contribution >= 4 is 17.1 Å². The van der Waals surface area contributed by atoms with Crippen LogP contribution in [0.15, 0.2) is 29.9 Å². The second kappa shape index (κ2) is 3.44. The number of aromatic hydroxyl groups is 1. The highest BCUT2D eigenvalue weighted by molar-refractivity contribution is 6.22. The minimum absolute atomic E-state index is 0.00513. The van der Waals surface area contributed by atoms with Crippen molar-refractivity contribution in [2.45, 2.75) is 20.8 Å². The molecule has 3 rings (SSSR count). The Bertz CT molecular complexity index is 703. The molecule has 0 amide bonds. The molecule has 0 spiro atoms. The van der Waals surface area contributed by atoms with Crippen LogP contribution in [0.1, 0.15) is 35.3 Å². The van der Waals surface area contributed by atoms with Gasteiger partial charge in [0.2, 0.25) is 0 Å². The van der Waals surface area contributed by atoms with Crippen molar-refractivity contribution in [3.63, 3.8) is 0 Å². The van der Waals surface area contributed by atoms with E-state index in [0.717, 1.165) is 11.1 Å². The summed E-state index contributed by atoms with van der Waals surface area (Å²) in [6.45, 7) is 5.38. The predicted octanol–water partition coefficient (Wildman–Crippen LogP) is 2.82. The number of carbonyl (C=O) groups excluding carboxylic acids is 2. The van der Waals surface area contributed by atoms with Gasteiger partial charge in [-0.2, -0.15) is 0 Å². The predicted molar refractivity (Wildman–Crippen MR) is 72.0 cm³/mol. The summed E-state index contributed by atoms with van der Waals surface area (Å²) in [6, 6.07) is 3.26. The van der Waals surface area contributed by atoms with Gasteiger partial charge in [-0.05, 0) is 67.3 Å². The first-order valence-corrected chi connectivity index (χ1v) is 6.19. The van der Waals surface area contributed by atoms with Gasteiger partial charge in [-0.3, -0.25) is 9.59 Å². The summed E-state index contributed by atoms with van der Waals surface area (Å²) in [7, 11) is 0. The lowest BCUT2D eigenvalue weighted by molar-refractivity contribution is -0.119. The molecule has 96 valence electrons. The van der Waals surface area contributed by atoms with Crippen LogP contribution in [0.4, 0.5) is 0 Å². The van der Waals surface area contributed by atoms with Gasteiger partial charge in [0, 0.05) is 5.56 Å². The van der Waals surface area contributed by atoms with Crippen LogP contribution in [-0.4, -0.2) is 16.7 Å². The van der Waals surface area contributed by atoms with Gasteiger partial charge in [0.05, 0.1) is 5.41 Å². The van der Waals surface area contributed by atoms with E-state index in [1.165, 1.54) is 0 Å². The topological polar surface area (TPSA) is 54.4 Å². The van der Waals surface area contributed by atoms with Gasteiger partial charge in [-0.25, -0.2) is 0 Å². The molecule has 0 radical (unpaired) electrons. The quantitative estimate of drug-likeness (QED) is 0.774. The maximum atomic E-state index is 12.2. The lowest BCUT2D eigenvalue weighted by Crippen LogP contribution is -2.22. The number of allylic oxidation sites excluding steroid dienone is 4. The normalized spacial score (nSPS) is 19.7. The fourth-order valence-corrected chi connectivity index (χ4v) is 2.67. The molecule has 0 bridgehead atoms. The van der Waals surface area contributed by atoms with Crippen molar-refractivity contribution in [3.8, 4) is 5.75 Å². The van der Waals surface area contributed by atoms with Gasteiger partial charge < -0.3 is 5.11 Å². The van der Waals surface area contributed by atoms with Crippen LogP contribution >= 0.6 is 0 Å². The van der Waals surface area contributed by atoms with Crippen LogP contribution in [0.25, 0.3) is 5.57 Å². The van der Waals surface area contributed by atoms with Crippen LogP contribution in [0.3, 0.4) is 0 Å². The van der Waals surface area contributed by atoms with Crippen LogP contribution in [-0.2, 0) is 4.79 Å². The number of benzene rings is 1. The van der Waals surface area contributed by atoms with Gasteiger partial charge >= 0.3 is 0 Å². The number of hydrogen-bond donors (Lipinski definition) is 1. The fourth-order valence-electron chi connectivity index (χ4n) is 2.67. The molecule has 1 N–H and O–H groups in total. The summed E-state index contributed by atoms with van der Waals surface area (Å²) in [6.07, 6.45) is 3.13. The maximum Gasteiger partial charge on any atom is 0.186 e. The second-order valence-corrected chi connectivity index (χ2v) is 5.65. The molecule has 0 unspecified atom stereocenters. The molecule has 19 heavy (non-hydrogen) atoms. The molecule has 1 aromatic rings. The number of hydrogen-bond acceptors (Lipinski definition) is 3. The van der Waals surface area contributed by atoms with Crippen molar-refractivity contribution in [2.24, 2.45) is 5.41 Å². The lowest BCUT2D eigenvalue weighted by Gasteiger charge is -2.24. The molecule has 3 heteroatoms. The zero-order chi connectivity index (χ0) is 13.9. The average molecular weight is 254 g/mol. The number of aryl methyl sites for hydroxylation is 1. The molecule has 3 nitrogen and oxygen atoms in total. The molecule has 0 heterocycles. The van der Waals surface area contributed by atoms with Gasteiger partial charge in [0.1, 0.15) is 5.75 Å². The first kappa shape index (κ1) is 11.9. The zero-order valence-electron chi connectivity index (χ0n) is 11.1. The van der Waals surface area contributed by atoms with Crippen molar-refractivity contribution < 1.29 is 14.7 Å². The van der Waals surface area contributed by atoms with E-state index in [-0.39, 0.29) is 17.3 Å². The Labute approximate surface area is 111 Å². The standard InChI is InChI=1S/C16H14O3/c1-8-4-11-9(5-13(8)17)10-6-15(19)16(2,3)12(10)7-14(11)18/h4-7,17H,1-3H3. The first-order valence-electron chi connectivity index (χ1n) is 6.19. The summed E-state index contributed by atoms with van der Waals surface area (Å²) < 4.78 is 0. The molecular formula is C16H14O3. The third-order valence-corrected chi connectivity index (χ3v) is 4.02. The third-order valence-electron chi connectivity index (χ3n) is 4.02. The molecule has 0 saturated heterocycles. The van der Waals surface area contributed by atoms with E-state index in [1.54, 1.807) is 31.2 Å². The number of carbonyl (C=O) groups is 2. The zero-order valence-corrected chi connectivity index (χ0v) is 11.1. The highest BCUT2D eigenvalue weighted by Crippen LogP contribution is 2.48. The Morgan fingerprint density at radius 3 is 2.42 bits per heavy atom. The summed E-state index contributed by atoms with van der Waals surface area (Å²) in [5.41, 5.74) is 2.72. The van der Waals surface area contributed by atoms with E-state index in [2.05, 4.69) is 0 Å². The second-order valence-electron chi connectivity index (χ2n) is 5.65. The van der Waals surface area contributed by atoms with Crippen LogP contribution in [0.2, 0.25) is 0 Å². The van der Waals surface area contributed by atoms with Gasteiger partial charge in [0.15, 0.2) is 11.6 Å². The van der Waals surface area contributed by atoms with Gasteiger partial charge in [-0.1, -0.05) is 0 Å². The molecule has 0 aromatic heterocycles. The van der Waals surface area contributed by atoms with E-state index >= 15 is 0 Å². The SMILES string of the molecule is Cc1cc2c(cc1O)C1=CC(=O)C(C)(C)C1=CC2=O. The molecular weight excluding hydrogens is 240 g/mol. The van der Waals surface area contributed by atoms with Crippen molar-refractivity contribution in [1.29, 1.82) is 0 Å². The smallest absolute Gasteiger partial charge is 0.186 e. The Hall–Kier alpha value is -2.16. The van der Waals surface area contributed by atoms with Crippen LogP contribution < -0.4 is 0 Å². The maximum absolute atomic E-state index is 12.2. The van der Waals surface area contributed by atoms with Crippen LogP contribution in [0.5, 0.6) is 5.75 Å². The van der Waals surface area contributed by atoms with Crippen molar-refractivity contribution in [3.05, 3.63) is 46.5 Å². The monoisotopic (exact) mass is 254 g/mol. The van der Waals surface area contributed by atoms with E-state index in [4.69, 9.17) is 0 Å². The highest BCUT2D eigenvalue weighted by Gasteiger charge is 2.42. The molecule has 2 aliphatic rings. The molecule has 2 aliphatic carbocycles. The number of phenolic OH excluding ortho intramolecular Hbond substituents is 1. The number of phenols is 1. The summed E-state index contributed by atoms with van der Waals surface area (Å²) in [4.78, 5) is 24.2. The van der Waals surface area contributed by atoms with Gasteiger partial charge in [0.25, 0.3) is 0 Å². The van der Waals surface area contributed by atoms with E-state index in [0.29, 0.717) is 16.7 Å². The fraction of sp³-hybridized carbons (Fsp3) is 0.250.